The lowest BCUT2D eigenvalue weighted by Crippen LogP contribution is -2.30. The number of hydrogen-bond acceptors (Lipinski definition) is 3. The maximum Gasteiger partial charge on any atom is 0.00465 e. The first kappa shape index (κ1) is 13.3. The molecule has 0 radical (unpaired) electrons. The molecule has 0 aromatic heterocycles. The maximum absolute atomic E-state index is 3.60. The predicted molar refractivity (Wildman–Crippen MR) is 70.8 cm³/mol. The van der Waals surface area contributed by atoms with Crippen molar-refractivity contribution in [2.45, 2.75) is 38.6 Å². The quantitative estimate of drug-likeness (QED) is 0.644. The third kappa shape index (κ3) is 6.44. The highest BCUT2D eigenvalue weighted by Gasteiger charge is 2.10. The van der Waals surface area contributed by atoms with Crippen LogP contribution >= 0.6 is 11.8 Å². The molecule has 3 heteroatoms. The van der Waals surface area contributed by atoms with Gasteiger partial charge >= 0.3 is 0 Å². The average molecular weight is 230 g/mol. The van der Waals surface area contributed by atoms with Crippen LogP contribution in [0.4, 0.5) is 0 Å². The minimum atomic E-state index is 0.691. The van der Waals surface area contributed by atoms with Crippen molar-refractivity contribution in [2.75, 3.05) is 38.2 Å². The zero-order valence-electron chi connectivity index (χ0n) is 10.3. The largest absolute Gasteiger partial charge is 0.314 e. The van der Waals surface area contributed by atoms with Gasteiger partial charge in [0.2, 0.25) is 0 Å². The lowest BCUT2D eigenvalue weighted by molar-refractivity contribution is 0.328. The van der Waals surface area contributed by atoms with Gasteiger partial charge in [-0.3, -0.25) is 0 Å². The molecule has 1 N–H and O–H groups in total. The van der Waals surface area contributed by atoms with E-state index < -0.39 is 0 Å². The molecule has 1 atom stereocenters. The molecule has 1 saturated heterocycles. The number of likely N-dealkylation sites (tertiary alicyclic amines) is 1. The molecule has 0 spiro atoms. The summed E-state index contributed by atoms with van der Waals surface area (Å²) in [7, 11) is 0. The molecule has 90 valence electrons. The van der Waals surface area contributed by atoms with Gasteiger partial charge < -0.3 is 10.2 Å². The molecule has 1 fully saturated rings. The third-order valence-corrected chi connectivity index (χ3v) is 3.74. The van der Waals surface area contributed by atoms with E-state index in [1.54, 1.807) is 0 Å². The van der Waals surface area contributed by atoms with Crippen molar-refractivity contribution in [1.82, 2.24) is 10.2 Å². The molecular weight excluding hydrogens is 204 g/mol. The molecule has 1 aliphatic heterocycles. The van der Waals surface area contributed by atoms with E-state index in [0.29, 0.717) is 6.04 Å². The van der Waals surface area contributed by atoms with Gasteiger partial charge in [0.25, 0.3) is 0 Å². The Hall–Kier alpha value is 0.270. The molecule has 1 unspecified atom stereocenters. The van der Waals surface area contributed by atoms with Crippen LogP contribution in [0.2, 0.25) is 0 Å². The summed E-state index contributed by atoms with van der Waals surface area (Å²) >= 11 is 1.94. The molecule has 0 aromatic carbocycles. The molecule has 1 rings (SSSR count). The second-order valence-corrected chi connectivity index (χ2v) is 5.52. The fourth-order valence-corrected chi connectivity index (χ4v) is 2.64. The van der Waals surface area contributed by atoms with Crippen LogP contribution in [0.1, 0.15) is 32.6 Å². The number of nitrogens with one attached hydrogen (secondary N) is 1. The Morgan fingerprint density at radius 1 is 1.33 bits per heavy atom. The summed E-state index contributed by atoms with van der Waals surface area (Å²) in [6.45, 7) is 7.45. The molecular formula is C12H26N2S. The predicted octanol–water partition coefficient (Wildman–Crippen LogP) is 2.20. The summed E-state index contributed by atoms with van der Waals surface area (Å²) in [5.74, 6) is 1.28. The van der Waals surface area contributed by atoms with Crippen LogP contribution in [0.3, 0.4) is 0 Å². The third-order valence-electron chi connectivity index (χ3n) is 3.10. The van der Waals surface area contributed by atoms with Gasteiger partial charge in [-0.2, -0.15) is 11.8 Å². The fraction of sp³-hybridized carbons (Fsp3) is 1.00. The molecule has 1 aliphatic rings. The average Bonchev–Trinajstić information content (AvgIpc) is 2.74. The highest BCUT2D eigenvalue weighted by Crippen LogP contribution is 2.07. The maximum atomic E-state index is 3.60. The molecule has 1 heterocycles. The Kier molecular flexibility index (Phi) is 7.49. The van der Waals surface area contributed by atoms with Gasteiger partial charge in [-0.1, -0.05) is 0 Å². The molecule has 0 aromatic rings. The lowest BCUT2D eigenvalue weighted by atomic mass is 10.2. The SMILES string of the molecule is CSCCC(C)NCCCN1CCCC1. The van der Waals surface area contributed by atoms with Gasteiger partial charge in [-0.05, 0) is 70.8 Å². The van der Waals surface area contributed by atoms with E-state index in [9.17, 15) is 0 Å². The standard InChI is InChI=1S/C12H26N2S/c1-12(6-11-15-2)13-7-5-10-14-8-3-4-9-14/h12-13H,3-11H2,1-2H3. The Morgan fingerprint density at radius 2 is 2.07 bits per heavy atom. The first-order valence-corrected chi connectivity index (χ1v) is 7.67. The number of thioether (sulfide) groups is 1. The fourth-order valence-electron chi connectivity index (χ4n) is 2.05. The monoisotopic (exact) mass is 230 g/mol. The normalized spacial score (nSPS) is 19.6. The summed E-state index contributed by atoms with van der Waals surface area (Å²) in [5, 5.41) is 3.60. The van der Waals surface area contributed by atoms with Crippen molar-refractivity contribution < 1.29 is 0 Å². The van der Waals surface area contributed by atoms with Crippen molar-refractivity contribution in [1.29, 1.82) is 0 Å². The molecule has 0 bridgehead atoms. The zero-order chi connectivity index (χ0) is 10.9. The van der Waals surface area contributed by atoms with Gasteiger partial charge in [0, 0.05) is 6.04 Å². The van der Waals surface area contributed by atoms with Gasteiger partial charge in [0.05, 0.1) is 0 Å². The minimum Gasteiger partial charge on any atom is -0.314 e. The van der Waals surface area contributed by atoms with E-state index in [0.717, 1.165) is 0 Å². The topological polar surface area (TPSA) is 15.3 Å². The first-order valence-electron chi connectivity index (χ1n) is 6.27. The summed E-state index contributed by atoms with van der Waals surface area (Å²) in [5.41, 5.74) is 0. The van der Waals surface area contributed by atoms with Crippen molar-refractivity contribution in [3.8, 4) is 0 Å². The van der Waals surface area contributed by atoms with Crippen LogP contribution in [0.5, 0.6) is 0 Å². The number of nitrogens with zero attached hydrogens (tertiary/aromatic N) is 1. The molecule has 0 saturated carbocycles. The van der Waals surface area contributed by atoms with Crippen LogP contribution in [-0.4, -0.2) is 49.1 Å². The van der Waals surface area contributed by atoms with E-state index in [4.69, 9.17) is 0 Å². The van der Waals surface area contributed by atoms with Gasteiger partial charge in [-0.25, -0.2) is 0 Å². The molecule has 0 amide bonds. The van der Waals surface area contributed by atoms with Gasteiger partial charge in [0.15, 0.2) is 0 Å². The van der Waals surface area contributed by atoms with E-state index in [1.165, 1.54) is 57.6 Å². The lowest BCUT2D eigenvalue weighted by Gasteiger charge is -2.16. The highest BCUT2D eigenvalue weighted by atomic mass is 32.2. The summed E-state index contributed by atoms with van der Waals surface area (Å²) < 4.78 is 0. The molecule has 0 aliphatic carbocycles. The smallest absolute Gasteiger partial charge is 0.00465 e. The van der Waals surface area contributed by atoms with Crippen molar-refractivity contribution in [3.05, 3.63) is 0 Å². The van der Waals surface area contributed by atoms with E-state index in [1.807, 2.05) is 11.8 Å². The Balaban J connectivity index is 1.87. The number of hydrogen-bond donors (Lipinski definition) is 1. The van der Waals surface area contributed by atoms with Crippen LogP contribution in [0, 0.1) is 0 Å². The van der Waals surface area contributed by atoms with Crippen molar-refractivity contribution in [2.24, 2.45) is 0 Å². The van der Waals surface area contributed by atoms with Crippen LogP contribution in [0.25, 0.3) is 0 Å². The van der Waals surface area contributed by atoms with Crippen molar-refractivity contribution in [3.63, 3.8) is 0 Å². The van der Waals surface area contributed by atoms with Crippen LogP contribution < -0.4 is 5.32 Å². The first-order chi connectivity index (χ1) is 7.33. The molecule has 2 nitrogen and oxygen atoms in total. The summed E-state index contributed by atoms with van der Waals surface area (Å²) in [4.78, 5) is 2.59. The summed E-state index contributed by atoms with van der Waals surface area (Å²) in [6.07, 6.45) is 7.61. The van der Waals surface area contributed by atoms with E-state index in [2.05, 4.69) is 23.4 Å². The van der Waals surface area contributed by atoms with Crippen LogP contribution in [0.15, 0.2) is 0 Å². The zero-order valence-corrected chi connectivity index (χ0v) is 11.1. The van der Waals surface area contributed by atoms with E-state index in [-0.39, 0.29) is 0 Å². The van der Waals surface area contributed by atoms with Crippen molar-refractivity contribution >= 4 is 11.8 Å². The Morgan fingerprint density at radius 3 is 2.73 bits per heavy atom. The van der Waals surface area contributed by atoms with Gasteiger partial charge in [0.1, 0.15) is 0 Å². The number of rotatable bonds is 8. The second kappa shape index (κ2) is 8.43. The van der Waals surface area contributed by atoms with Crippen LogP contribution in [-0.2, 0) is 0 Å². The minimum absolute atomic E-state index is 0.691. The highest BCUT2D eigenvalue weighted by molar-refractivity contribution is 7.98. The Labute approximate surface area is 99.2 Å². The summed E-state index contributed by atoms with van der Waals surface area (Å²) in [6, 6.07) is 0.691. The Bertz CT molecular complexity index is 147. The van der Waals surface area contributed by atoms with E-state index >= 15 is 0 Å². The molecule has 15 heavy (non-hydrogen) atoms. The second-order valence-electron chi connectivity index (χ2n) is 4.54. The van der Waals surface area contributed by atoms with Gasteiger partial charge in [-0.15, -0.1) is 0 Å².